The van der Waals surface area contributed by atoms with E-state index in [0.29, 0.717) is 0 Å². The van der Waals surface area contributed by atoms with Gasteiger partial charge in [0.15, 0.2) is 0 Å². The minimum absolute atomic E-state index is 0.0490. The summed E-state index contributed by atoms with van der Waals surface area (Å²) in [7, 11) is 0. The van der Waals surface area contributed by atoms with Crippen molar-refractivity contribution in [3.8, 4) is 0 Å². The maximum absolute atomic E-state index is 11.6. The van der Waals surface area contributed by atoms with E-state index < -0.39 is 0 Å². The van der Waals surface area contributed by atoms with Gasteiger partial charge in [-0.15, -0.1) is 0 Å². The van der Waals surface area contributed by atoms with Gasteiger partial charge in [-0.05, 0) is 24.5 Å². The molecule has 92 valence electrons. The van der Waals surface area contributed by atoms with Gasteiger partial charge in [0.25, 0.3) is 0 Å². The lowest BCUT2D eigenvalue weighted by Crippen LogP contribution is -2.15. The van der Waals surface area contributed by atoms with Crippen LogP contribution < -0.4 is 0 Å². The van der Waals surface area contributed by atoms with Gasteiger partial charge >= 0.3 is 5.97 Å². The second-order valence-electron chi connectivity index (χ2n) is 4.00. The Labute approximate surface area is 103 Å². The van der Waals surface area contributed by atoms with Gasteiger partial charge in [-0.2, -0.15) is 0 Å². The summed E-state index contributed by atoms with van der Waals surface area (Å²) in [6.45, 7) is 4.13. The van der Waals surface area contributed by atoms with E-state index in [0.717, 1.165) is 24.8 Å². The average molecular weight is 232 g/mol. The van der Waals surface area contributed by atoms with Crippen molar-refractivity contribution in [3.05, 3.63) is 42.0 Å². The van der Waals surface area contributed by atoms with E-state index >= 15 is 0 Å². The molecule has 0 aliphatic carbocycles. The quantitative estimate of drug-likeness (QED) is 0.550. The van der Waals surface area contributed by atoms with Crippen LogP contribution in [0.2, 0.25) is 0 Å². The molecule has 0 aliphatic heterocycles. The van der Waals surface area contributed by atoms with E-state index in [9.17, 15) is 4.79 Å². The van der Waals surface area contributed by atoms with Crippen LogP contribution in [-0.4, -0.2) is 12.1 Å². The summed E-state index contributed by atoms with van der Waals surface area (Å²) < 4.78 is 5.34. The van der Waals surface area contributed by atoms with Gasteiger partial charge in [-0.3, -0.25) is 0 Å². The first-order valence-corrected chi connectivity index (χ1v) is 6.20. The smallest absolute Gasteiger partial charge is 0.331 e. The number of esters is 1. The summed E-state index contributed by atoms with van der Waals surface area (Å²) in [5.74, 6) is -0.255. The molecule has 2 nitrogen and oxygen atoms in total. The molecule has 0 N–H and O–H groups in total. The van der Waals surface area contributed by atoms with Crippen LogP contribution in [0.15, 0.2) is 36.4 Å². The number of hydrogen-bond donors (Lipinski definition) is 0. The molecule has 0 fully saturated rings. The van der Waals surface area contributed by atoms with Crippen molar-refractivity contribution in [2.75, 3.05) is 0 Å². The molecule has 17 heavy (non-hydrogen) atoms. The van der Waals surface area contributed by atoms with Crippen molar-refractivity contribution in [2.45, 2.75) is 39.2 Å². The van der Waals surface area contributed by atoms with Crippen molar-refractivity contribution in [1.82, 2.24) is 0 Å². The Bertz CT molecular complexity index is 354. The van der Waals surface area contributed by atoms with Gasteiger partial charge in [0.2, 0.25) is 0 Å². The van der Waals surface area contributed by atoms with Crippen molar-refractivity contribution in [3.63, 3.8) is 0 Å². The van der Waals surface area contributed by atoms with E-state index in [1.54, 1.807) is 6.08 Å². The predicted octanol–water partition coefficient (Wildman–Crippen LogP) is 3.82. The Balaban J connectivity index is 2.46. The monoisotopic (exact) mass is 232 g/mol. The third-order valence-electron chi connectivity index (χ3n) is 2.56. The maximum atomic E-state index is 11.6. The summed E-state index contributed by atoms with van der Waals surface area (Å²) in [5.41, 5.74) is 1.01. The second-order valence-corrected chi connectivity index (χ2v) is 4.00. The zero-order valence-electron chi connectivity index (χ0n) is 10.6. The predicted molar refractivity (Wildman–Crippen MR) is 70.6 cm³/mol. The number of ether oxygens (including phenoxy) is 1. The molecule has 0 aliphatic rings. The van der Waals surface area contributed by atoms with E-state index in [2.05, 4.69) is 6.92 Å². The van der Waals surface area contributed by atoms with Crippen molar-refractivity contribution in [2.24, 2.45) is 0 Å². The first-order valence-electron chi connectivity index (χ1n) is 6.20. The van der Waals surface area contributed by atoms with Gasteiger partial charge in [0.1, 0.15) is 6.10 Å². The fourth-order valence-corrected chi connectivity index (χ4v) is 1.60. The van der Waals surface area contributed by atoms with Crippen molar-refractivity contribution < 1.29 is 9.53 Å². The first kappa shape index (κ1) is 13.5. The third kappa shape index (κ3) is 5.34. The summed E-state index contributed by atoms with van der Waals surface area (Å²) in [6, 6.07) is 9.73. The minimum atomic E-state index is -0.255. The molecular formula is C15H20O2. The molecule has 0 heterocycles. The fraction of sp³-hybridized carbons (Fsp3) is 0.400. The molecule has 1 unspecified atom stereocenters. The Morgan fingerprint density at radius 1 is 1.29 bits per heavy atom. The fourth-order valence-electron chi connectivity index (χ4n) is 1.60. The number of carbonyl (C=O) groups excluding carboxylic acids is 1. The Morgan fingerprint density at radius 2 is 2.00 bits per heavy atom. The van der Waals surface area contributed by atoms with Crippen LogP contribution in [0.1, 0.15) is 38.7 Å². The van der Waals surface area contributed by atoms with Crippen LogP contribution in [0.5, 0.6) is 0 Å². The molecular weight excluding hydrogens is 212 g/mol. The summed E-state index contributed by atoms with van der Waals surface area (Å²) in [6.07, 6.45) is 6.16. The van der Waals surface area contributed by atoms with E-state index in [1.807, 2.05) is 37.3 Å². The highest BCUT2D eigenvalue weighted by molar-refractivity contribution is 5.87. The van der Waals surface area contributed by atoms with Crippen molar-refractivity contribution >= 4 is 12.0 Å². The van der Waals surface area contributed by atoms with E-state index in [4.69, 9.17) is 4.74 Å². The highest BCUT2D eigenvalue weighted by atomic mass is 16.5. The van der Waals surface area contributed by atoms with E-state index in [-0.39, 0.29) is 12.1 Å². The molecule has 0 aromatic heterocycles. The molecule has 1 aromatic rings. The second kappa shape index (κ2) is 7.66. The third-order valence-corrected chi connectivity index (χ3v) is 2.56. The molecule has 0 saturated heterocycles. The molecule has 0 spiro atoms. The normalized spacial score (nSPS) is 12.6. The SMILES string of the molecule is CCCC(CC)OC(=O)/C=C/c1ccccc1. The Hall–Kier alpha value is -1.57. The highest BCUT2D eigenvalue weighted by Gasteiger charge is 2.08. The Morgan fingerprint density at radius 3 is 2.59 bits per heavy atom. The van der Waals surface area contributed by atoms with Crippen LogP contribution in [-0.2, 0) is 9.53 Å². The zero-order valence-corrected chi connectivity index (χ0v) is 10.6. The maximum Gasteiger partial charge on any atom is 0.331 e. The van der Waals surface area contributed by atoms with Gasteiger partial charge in [0, 0.05) is 6.08 Å². The number of hydrogen-bond acceptors (Lipinski definition) is 2. The molecule has 0 bridgehead atoms. The highest BCUT2D eigenvalue weighted by Crippen LogP contribution is 2.08. The number of rotatable bonds is 6. The zero-order chi connectivity index (χ0) is 12.5. The molecule has 1 atom stereocenters. The lowest BCUT2D eigenvalue weighted by atomic mass is 10.1. The molecule has 0 radical (unpaired) electrons. The lowest BCUT2D eigenvalue weighted by molar-refractivity contribution is -0.143. The lowest BCUT2D eigenvalue weighted by Gasteiger charge is -2.13. The van der Waals surface area contributed by atoms with Crippen LogP contribution in [0.3, 0.4) is 0 Å². The number of carbonyl (C=O) groups is 1. The largest absolute Gasteiger partial charge is 0.459 e. The van der Waals surface area contributed by atoms with Crippen molar-refractivity contribution in [1.29, 1.82) is 0 Å². The van der Waals surface area contributed by atoms with Crippen LogP contribution in [0.25, 0.3) is 6.08 Å². The molecule has 0 saturated carbocycles. The molecule has 1 rings (SSSR count). The van der Waals surface area contributed by atoms with Gasteiger partial charge in [-0.1, -0.05) is 50.6 Å². The van der Waals surface area contributed by atoms with Gasteiger partial charge in [-0.25, -0.2) is 4.79 Å². The summed E-state index contributed by atoms with van der Waals surface area (Å²) in [5, 5.41) is 0. The Kier molecular flexibility index (Phi) is 6.08. The summed E-state index contributed by atoms with van der Waals surface area (Å²) in [4.78, 5) is 11.6. The number of benzene rings is 1. The minimum Gasteiger partial charge on any atom is -0.459 e. The molecule has 2 heteroatoms. The molecule has 1 aromatic carbocycles. The summed E-state index contributed by atoms with van der Waals surface area (Å²) >= 11 is 0. The van der Waals surface area contributed by atoms with Crippen LogP contribution in [0, 0.1) is 0 Å². The van der Waals surface area contributed by atoms with Gasteiger partial charge < -0.3 is 4.74 Å². The van der Waals surface area contributed by atoms with Gasteiger partial charge in [0.05, 0.1) is 0 Å². The average Bonchev–Trinajstić information content (AvgIpc) is 2.37. The molecule has 0 amide bonds. The van der Waals surface area contributed by atoms with Crippen LogP contribution >= 0.6 is 0 Å². The first-order chi connectivity index (χ1) is 8.26. The van der Waals surface area contributed by atoms with Crippen LogP contribution in [0.4, 0.5) is 0 Å². The standard InChI is InChI=1S/C15H20O2/c1-3-8-14(4-2)17-15(16)12-11-13-9-6-5-7-10-13/h5-7,9-12,14H,3-4,8H2,1-2H3/b12-11+. The topological polar surface area (TPSA) is 26.3 Å². The van der Waals surface area contributed by atoms with E-state index in [1.165, 1.54) is 6.08 Å².